The van der Waals surface area contributed by atoms with E-state index in [4.69, 9.17) is 9.47 Å². The van der Waals surface area contributed by atoms with E-state index >= 15 is 0 Å². The van der Waals surface area contributed by atoms with Crippen molar-refractivity contribution in [2.45, 2.75) is 26.3 Å². The summed E-state index contributed by atoms with van der Waals surface area (Å²) in [6.45, 7) is 4.97. The van der Waals surface area contributed by atoms with E-state index < -0.39 is 0 Å². The predicted octanol–water partition coefficient (Wildman–Crippen LogP) is 3.62. The maximum absolute atomic E-state index is 12.0. The second-order valence-electron chi connectivity index (χ2n) is 6.30. The molecule has 1 atom stereocenters. The zero-order valence-corrected chi connectivity index (χ0v) is 14.5. The number of methoxy groups -OCH3 is 1. The van der Waals surface area contributed by atoms with Crippen molar-refractivity contribution in [1.82, 2.24) is 4.90 Å². The fourth-order valence-corrected chi connectivity index (χ4v) is 3.54. The third-order valence-corrected chi connectivity index (χ3v) is 4.71. The zero-order chi connectivity index (χ0) is 16.9. The number of fused-ring (bicyclic) bond motifs is 1. The van der Waals surface area contributed by atoms with Gasteiger partial charge in [-0.1, -0.05) is 30.3 Å². The van der Waals surface area contributed by atoms with Crippen LogP contribution in [0.1, 0.15) is 25.3 Å². The molecule has 1 aliphatic heterocycles. The van der Waals surface area contributed by atoms with Crippen molar-refractivity contribution in [3.05, 3.63) is 42.0 Å². The van der Waals surface area contributed by atoms with E-state index in [1.165, 1.54) is 10.9 Å². The van der Waals surface area contributed by atoms with E-state index in [1.54, 1.807) is 7.11 Å². The van der Waals surface area contributed by atoms with E-state index in [0.29, 0.717) is 6.61 Å². The molecular formula is C20H25NO3. The molecule has 0 bridgehead atoms. The van der Waals surface area contributed by atoms with Crippen LogP contribution in [0.3, 0.4) is 0 Å². The molecule has 0 saturated carbocycles. The molecule has 1 unspecified atom stereocenters. The first-order valence-corrected chi connectivity index (χ1v) is 8.66. The molecule has 2 aromatic carbocycles. The Hall–Kier alpha value is -2.07. The van der Waals surface area contributed by atoms with Gasteiger partial charge >= 0.3 is 5.97 Å². The molecule has 1 saturated heterocycles. The minimum atomic E-state index is -0.0539. The maximum Gasteiger partial charge on any atom is 0.310 e. The second-order valence-corrected chi connectivity index (χ2v) is 6.30. The molecule has 0 amide bonds. The van der Waals surface area contributed by atoms with Crippen LogP contribution in [0.2, 0.25) is 0 Å². The Morgan fingerprint density at radius 1 is 1.21 bits per heavy atom. The van der Waals surface area contributed by atoms with Gasteiger partial charge in [0.15, 0.2) is 0 Å². The summed E-state index contributed by atoms with van der Waals surface area (Å²) >= 11 is 0. The molecule has 0 spiro atoms. The first-order valence-electron chi connectivity index (χ1n) is 8.66. The molecule has 3 rings (SSSR count). The summed E-state index contributed by atoms with van der Waals surface area (Å²) < 4.78 is 10.7. The number of carbonyl (C=O) groups excluding carboxylic acids is 1. The second kappa shape index (κ2) is 7.67. The predicted molar refractivity (Wildman–Crippen MR) is 95.1 cm³/mol. The monoisotopic (exact) mass is 327 g/mol. The molecule has 1 heterocycles. The Bertz CT molecular complexity index is 713. The normalized spacial score (nSPS) is 18.5. The summed E-state index contributed by atoms with van der Waals surface area (Å²) in [5.41, 5.74) is 1.27. The highest BCUT2D eigenvalue weighted by atomic mass is 16.5. The lowest BCUT2D eigenvalue weighted by Crippen LogP contribution is -2.38. The minimum Gasteiger partial charge on any atom is -0.496 e. The third kappa shape index (κ3) is 3.54. The van der Waals surface area contributed by atoms with Crippen molar-refractivity contribution >= 4 is 16.7 Å². The molecule has 4 nitrogen and oxygen atoms in total. The van der Waals surface area contributed by atoms with Gasteiger partial charge in [0.1, 0.15) is 5.75 Å². The van der Waals surface area contributed by atoms with Crippen molar-refractivity contribution in [2.75, 3.05) is 26.8 Å². The van der Waals surface area contributed by atoms with Crippen molar-refractivity contribution in [1.29, 1.82) is 0 Å². The lowest BCUT2D eigenvalue weighted by molar-refractivity contribution is -0.150. The fraction of sp³-hybridized carbons (Fsp3) is 0.450. The van der Waals surface area contributed by atoms with E-state index in [1.807, 2.05) is 19.1 Å². The summed E-state index contributed by atoms with van der Waals surface area (Å²) in [6, 6.07) is 12.5. The van der Waals surface area contributed by atoms with Crippen LogP contribution in [0.25, 0.3) is 10.8 Å². The first kappa shape index (κ1) is 16.8. The summed E-state index contributed by atoms with van der Waals surface area (Å²) in [7, 11) is 1.70. The fourth-order valence-electron chi connectivity index (χ4n) is 3.54. The van der Waals surface area contributed by atoms with Gasteiger partial charge in [-0.2, -0.15) is 0 Å². The van der Waals surface area contributed by atoms with Gasteiger partial charge in [-0.25, -0.2) is 0 Å². The van der Waals surface area contributed by atoms with Gasteiger partial charge in [-0.15, -0.1) is 0 Å². The lowest BCUT2D eigenvalue weighted by atomic mass is 9.96. The van der Waals surface area contributed by atoms with Gasteiger partial charge < -0.3 is 9.47 Å². The SMILES string of the molecule is CCOC(=O)C1CCCN(Cc2ccc(OC)c3ccccc23)C1. The summed E-state index contributed by atoms with van der Waals surface area (Å²) in [5.74, 6) is 0.849. The number of carbonyl (C=O) groups is 1. The van der Waals surface area contributed by atoms with Crippen LogP contribution in [0.5, 0.6) is 5.75 Å². The Kier molecular flexibility index (Phi) is 5.36. The van der Waals surface area contributed by atoms with Crippen LogP contribution >= 0.6 is 0 Å². The highest BCUT2D eigenvalue weighted by Crippen LogP contribution is 2.30. The number of benzene rings is 2. The zero-order valence-electron chi connectivity index (χ0n) is 14.5. The molecule has 0 aromatic heterocycles. The number of rotatable bonds is 5. The number of esters is 1. The highest BCUT2D eigenvalue weighted by Gasteiger charge is 2.27. The number of hydrogen-bond acceptors (Lipinski definition) is 4. The molecular weight excluding hydrogens is 302 g/mol. The largest absolute Gasteiger partial charge is 0.496 e. The average Bonchev–Trinajstić information content (AvgIpc) is 2.62. The van der Waals surface area contributed by atoms with E-state index in [2.05, 4.69) is 29.2 Å². The van der Waals surface area contributed by atoms with Gasteiger partial charge in [0, 0.05) is 18.5 Å². The topological polar surface area (TPSA) is 38.8 Å². The average molecular weight is 327 g/mol. The molecule has 4 heteroatoms. The molecule has 1 fully saturated rings. The van der Waals surface area contributed by atoms with Crippen LogP contribution in [0.4, 0.5) is 0 Å². The van der Waals surface area contributed by atoms with Crippen LogP contribution in [-0.2, 0) is 16.1 Å². The maximum atomic E-state index is 12.0. The lowest BCUT2D eigenvalue weighted by Gasteiger charge is -2.31. The number of piperidine rings is 1. The van der Waals surface area contributed by atoms with Crippen LogP contribution in [0.15, 0.2) is 36.4 Å². The van der Waals surface area contributed by atoms with E-state index in [0.717, 1.165) is 43.6 Å². The number of hydrogen-bond donors (Lipinski definition) is 0. The van der Waals surface area contributed by atoms with Crippen LogP contribution in [-0.4, -0.2) is 37.7 Å². The van der Waals surface area contributed by atoms with Crippen LogP contribution < -0.4 is 4.74 Å². The van der Waals surface area contributed by atoms with Gasteiger partial charge in [0.2, 0.25) is 0 Å². The Morgan fingerprint density at radius 2 is 2.00 bits per heavy atom. The first-order chi connectivity index (χ1) is 11.7. The molecule has 128 valence electrons. The van der Waals surface area contributed by atoms with Crippen molar-refractivity contribution in [3.63, 3.8) is 0 Å². The number of ether oxygens (including phenoxy) is 2. The van der Waals surface area contributed by atoms with Gasteiger partial charge in [-0.05, 0) is 43.3 Å². The standard InChI is InChI=1S/C20H25NO3/c1-3-24-20(22)16-7-6-12-21(14-16)13-15-10-11-19(23-2)18-9-5-4-8-17(15)18/h4-5,8-11,16H,3,6-7,12-14H2,1-2H3. The minimum absolute atomic E-state index is 0.00297. The Morgan fingerprint density at radius 3 is 2.75 bits per heavy atom. The Labute approximate surface area is 143 Å². The van der Waals surface area contributed by atoms with Crippen molar-refractivity contribution < 1.29 is 14.3 Å². The summed E-state index contributed by atoms with van der Waals surface area (Å²) in [6.07, 6.45) is 1.97. The van der Waals surface area contributed by atoms with Crippen molar-refractivity contribution in [3.8, 4) is 5.75 Å². The molecule has 1 aliphatic rings. The Balaban J connectivity index is 1.79. The molecule has 2 aromatic rings. The number of nitrogens with zero attached hydrogens (tertiary/aromatic N) is 1. The molecule has 0 aliphatic carbocycles. The molecule has 0 N–H and O–H groups in total. The van der Waals surface area contributed by atoms with E-state index in [-0.39, 0.29) is 11.9 Å². The van der Waals surface area contributed by atoms with Crippen molar-refractivity contribution in [2.24, 2.45) is 5.92 Å². The smallest absolute Gasteiger partial charge is 0.310 e. The summed E-state index contributed by atoms with van der Waals surface area (Å²) in [5, 5.41) is 2.35. The molecule has 0 radical (unpaired) electrons. The molecule has 24 heavy (non-hydrogen) atoms. The highest BCUT2D eigenvalue weighted by molar-refractivity contribution is 5.91. The number of likely N-dealkylation sites (tertiary alicyclic amines) is 1. The quantitative estimate of drug-likeness (QED) is 0.786. The van der Waals surface area contributed by atoms with Gasteiger partial charge in [0.05, 0.1) is 19.6 Å². The van der Waals surface area contributed by atoms with Gasteiger partial charge in [0.25, 0.3) is 0 Å². The van der Waals surface area contributed by atoms with Gasteiger partial charge in [-0.3, -0.25) is 9.69 Å². The van der Waals surface area contributed by atoms with E-state index in [9.17, 15) is 4.79 Å². The van der Waals surface area contributed by atoms with Crippen LogP contribution in [0, 0.1) is 5.92 Å². The third-order valence-electron chi connectivity index (χ3n) is 4.71. The summed E-state index contributed by atoms with van der Waals surface area (Å²) in [4.78, 5) is 14.4.